The SMILES string of the molecule is CN1c2ccccc2[C@]2(F)CCN(C(=O)OCc3ccccc3)[C@H]12. The Kier molecular flexibility index (Phi) is 3.44. The molecular formula is C19H19FN2O2. The molecule has 0 aliphatic carbocycles. The predicted molar refractivity (Wildman–Crippen MR) is 89.4 cm³/mol. The van der Waals surface area contributed by atoms with Crippen LogP contribution < -0.4 is 4.90 Å². The van der Waals surface area contributed by atoms with Crippen LogP contribution in [0.4, 0.5) is 14.9 Å². The van der Waals surface area contributed by atoms with Gasteiger partial charge in [-0.05, 0) is 11.6 Å². The van der Waals surface area contributed by atoms with E-state index in [1.54, 1.807) is 0 Å². The molecule has 124 valence electrons. The number of para-hydroxylation sites is 1. The van der Waals surface area contributed by atoms with Gasteiger partial charge in [-0.25, -0.2) is 9.18 Å². The number of fused-ring (bicyclic) bond motifs is 3. The Morgan fingerprint density at radius 2 is 1.92 bits per heavy atom. The van der Waals surface area contributed by atoms with Gasteiger partial charge in [0, 0.05) is 31.3 Å². The van der Waals surface area contributed by atoms with Gasteiger partial charge in [-0.15, -0.1) is 0 Å². The Bertz CT molecular complexity index is 767. The lowest BCUT2D eigenvalue weighted by molar-refractivity contribution is 0.0679. The molecule has 0 bridgehead atoms. The van der Waals surface area contributed by atoms with Gasteiger partial charge in [0.05, 0.1) is 0 Å². The van der Waals surface area contributed by atoms with Crippen LogP contribution in [0.5, 0.6) is 0 Å². The van der Waals surface area contributed by atoms with Gasteiger partial charge in [-0.3, -0.25) is 4.90 Å². The van der Waals surface area contributed by atoms with Gasteiger partial charge < -0.3 is 9.64 Å². The van der Waals surface area contributed by atoms with Crippen molar-refractivity contribution in [1.29, 1.82) is 0 Å². The fourth-order valence-corrected chi connectivity index (χ4v) is 3.83. The minimum Gasteiger partial charge on any atom is -0.444 e. The van der Waals surface area contributed by atoms with Gasteiger partial charge >= 0.3 is 6.09 Å². The highest BCUT2D eigenvalue weighted by molar-refractivity contribution is 5.73. The summed E-state index contributed by atoms with van der Waals surface area (Å²) in [6.07, 6.45) is -0.819. The van der Waals surface area contributed by atoms with Crippen LogP contribution in [0.15, 0.2) is 54.6 Å². The number of rotatable bonds is 2. The molecule has 1 fully saturated rings. The average molecular weight is 326 g/mol. The maximum Gasteiger partial charge on any atom is 0.411 e. The van der Waals surface area contributed by atoms with E-state index in [0.717, 1.165) is 11.3 Å². The number of halogens is 1. The molecule has 1 saturated heterocycles. The highest BCUT2D eigenvalue weighted by Gasteiger charge is 2.59. The Hall–Kier alpha value is -2.56. The van der Waals surface area contributed by atoms with Crippen molar-refractivity contribution in [2.45, 2.75) is 24.9 Å². The Morgan fingerprint density at radius 1 is 1.21 bits per heavy atom. The first-order chi connectivity index (χ1) is 11.6. The summed E-state index contributed by atoms with van der Waals surface area (Å²) in [4.78, 5) is 15.9. The number of amides is 1. The van der Waals surface area contributed by atoms with Crippen LogP contribution in [-0.4, -0.2) is 30.8 Å². The highest BCUT2D eigenvalue weighted by atomic mass is 19.1. The summed E-state index contributed by atoms with van der Waals surface area (Å²) < 4.78 is 21.0. The third-order valence-corrected chi connectivity index (χ3v) is 4.96. The largest absolute Gasteiger partial charge is 0.444 e. The number of benzene rings is 2. The van der Waals surface area contributed by atoms with E-state index in [-0.39, 0.29) is 6.61 Å². The Morgan fingerprint density at radius 3 is 2.71 bits per heavy atom. The number of carbonyl (C=O) groups is 1. The van der Waals surface area contributed by atoms with Crippen molar-refractivity contribution in [2.24, 2.45) is 0 Å². The molecule has 2 aliphatic rings. The second kappa shape index (κ2) is 5.51. The zero-order chi connectivity index (χ0) is 16.7. The van der Waals surface area contributed by atoms with Gasteiger partial charge in [0.1, 0.15) is 12.8 Å². The number of alkyl halides is 1. The molecule has 2 aliphatic heterocycles. The van der Waals surface area contributed by atoms with Crippen LogP contribution in [0.1, 0.15) is 17.5 Å². The molecule has 1 amide bonds. The number of nitrogens with zero attached hydrogens (tertiary/aromatic N) is 2. The Labute approximate surface area is 140 Å². The Balaban J connectivity index is 1.53. The first kappa shape index (κ1) is 15.0. The minimum atomic E-state index is -1.53. The zero-order valence-electron chi connectivity index (χ0n) is 13.5. The fraction of sp³-hybridized carbons (Fsp3) is 0.316. The van der Waals surface area contributed by atoms with Gasteiger partial charge in [-0.2, -0.15) is 0 Å². The third-order valence-electron chi connectivity index (χ3n) is 4.96. The lowest BCUT2D eigenvalue weighted by Gasteiger charge is -2.31. The van der Waals surface area contributed by atoms with Gasteiger partial charge in [0.2, 0.25) is 0 Å². The van der Waals surface area contributed by atoms with Crippen molar-refractivity contribution in [2.75, 3.05) is 18.5 Å². The average Bonchev–Trinajstić information content (AvgIpc) is 3.08. The quantitative estimate of drug-likeness (QED) is 0.844. The van der Waals surface area contributed by atoms with Crippen LogP contribution >= 0.6 is 0 Å². The maximum atomic E-state index is 15.6. The van der Waals surface area contributed by atoms with E-state index >= 15 is 4.39 Å². The molecule has 0 N–H and O–H groups in total. The number of likely N-dealkylation sites (N-methyl/N-ethyl adjacent to an activating group) is 1. The fourth-order valence-electron chi connectivity index (χ4n) is 3.83. The normalized spacial score (nSPS) is 24.7. The number of ether oxygens (including phenoxy) is 1. The molecule has 2 atom stereocenters. The van der Waals surface area contributed by atoms with E-state index in [1.807, 2.05) is 66.5 Å². The molecule has 0 radical (unpaired) electrons. The van der Waals surface area contributed by atoms with Crippen LogP contribution in [-0.2, 0) is 17.0 Å². The van der Waals surface area contributed by atoms with E-state index in [4.69, 9.17) is 4.74 Å². The molecule has 2 aromatic rings. The second-order valence-electron chi connectivity index (χ2n) is 6.35. The van der Waals surface area contributed by atoms with Gasteiger partial charge in [-0.1, -0.05) is 48.5 Å². The summed E-state index contributed by atoms with van der Waals surface area (Å²) >= 11 is 0. The van der Waals surface area contributed by atoms with Crippen molar-refractivity contribution in [1.82, 2.24) is 4.90 Å². The van der Waals surface area contributed by atoms with Crippen LogP contribution in [0.25, 0.3) is 0 Å². The summed E-state index contributed by atoms with van der Waals surface area (Å²) in [6.45, 7) is 0.548. The van der Waals surface area contributed by atoms with Crippen LogP contribution in [0.3, 0.4) is 0 Å². The summed E-state index contributed by atoms with van der Waals surface area (Å²) in [5.41, 5.74) is 0.887. The van der Waals surface area contributed by atoms with E-state index in [9.17, 15) is 4.79 Å². The molecular weight excluding hydrogens is 307 g/mol. The minimum absolute atomic E-state index is 0.193. The van der Waals surface area contributed by atoms with Crippen molar-refractivity contribution < 1.29 is 13.9 Å². The summed E-state index contributed by atoms with van der Waals surface area (Å²) in [7, 11) is 1.83. The summed E-state index contributed by atoms with van der Waals surface area (Å²) in [5.74, 6) is 0. The number of hydrogen-bond donors (Lipinski definition) is 0. The molecule has 0 saturated carbocycles. The summed E-state index contributed by atoms with van der Waals surface area (Å²) in [6, 6.07) is 16.9. The maximum absolute atomic E-state index is 15.6. The summed E-state index contributed by atoms with van der Waals surface area (Å²) in [5, 5.41) is 0. The van der Waals surface area contributed by atoms with Gasteiger partial charge in [0.15, 0.2) is 5.67 Å². The van der Waals surface area contributed by atoms with Crippen molar-refractivity contribution >= 4 is 11.8 Å². The monoisotopic (exact) mass is 326 g/mol. The van der Waals surface area contributed by atoms with E-state index in [0.29, 0.717) is 18.5 Å². The van der Waals surface area contributed by atoms with Gasteiger partial charge in [0.25, 0.3) is 0 Å². The first-order valence-electron chi connectivity index (χ1n) is 8.10. The van der Waals surface area contributed by atoms with Crippen molar-refractivity contribution in [3.8, 4) is 0 Å². The zero-order valence-corrected chi connectivity index (χ0v) is 13.5. The van der Waals surface area contributed by atoms with E-state index < -0.39 is 17.9 Å². The lowest BCUT2D eigenvalue weighted by Crippen LogP contribution is -2.49. The molecule has 24 heavy (non-hydrogen) atoms. The number of carbonyl (C=O) groups excluding carboxylic acids is 1. The standard InChI is InChI=1S/C19H19FN2O2/c1-21-16-10-6-5-9-15(16)19(20)11-12-22(17(19)21)18(23)24-13-14-7-3-2-4-8-14/h2-10,17H,11-13H2,1H3/t17-,19+/m0/s1. The molecule has 2 heterocycles. The number of anilines is 1. The topological polar surface area (TPSA) is 32.8 Å². The lowest BCUT2D eigenvalue weighted by atomic mass is 9.95. The van der Waals surface area contributed by atoms with E-state index in [1.165, 1.54) is 4.90 Å². The number of hydrogen-bond acceptors (Lipinski definition) is 3. The molecule has 0 spiro atoms. The molecule has 0 unspecified atom stereocenters. The van der Waals surface area contributed by atoms with Crippen molar-refractivity contribution in [3.05, 3.63) is 65.7 Å². The molecule has 2 aromatic carbocycles. The van der Waals surface area contributed by atoms with Crippen molar-refractivity contribution in [3.63, 3.8) is 0 Å². The second-order valence-corrected chi connectivity index (χ2v) is 6.35. The molecule has 0 aromatic heterocycles. The molecule has 5 heteroatoms. The molecule has 4 nitrogen and oxygen atoms in total. The van der Waals surface area contributed by atoms with Crippen LogP contribution in [0, 0.1) is 0 Å². The predicted octanol–water partition coefficient (Wildman–Crippen LogP) is 3.67. The molecule has 4 rings (SSSR count). The smallest absolute Gasteiger partial charge is 0.411 e. The van der Waals surface area contributed by atoms with E-state index in [2.05, 4.69) is 0 Å². The third kappa shape index (κ3) is 2.15. The first-order valence-corrected chi connectivity index (χ1v) is 8.10. The number of likely N-dealkylation sites (tertiary alicyclic amines) is 1. The highest BCUT2D eigenvalue weighted by Crippen LogP contribution is 2.52. The van der Waals surface area contributed by atoms with Crippen LogP contribution in [0.2, 0.25) is 0 Å².